The van der Waals surface area contributed by atoms with Crippen LogP contribution in [0.5, 0.6) is 5.75 Å². The molecule has 0 aliphatic rings. The quantitative estimate of drug-likeness (QED) is 0.711. The number of anilines is 1. The maximum atomic E-state index is 12.1. The van der Waals surface area contributed by atoms with E-state index >= 15 is 0 Å². The van der Waals surface area contributed by atoms with Gasteiger partial charge in [-0.1, -0.05) is 15.9 Å². The van der Waals surface area contributed by atoms with E-state index in [1.165, 1.54) is 18.2 Å². The number of carboxylic acid groups (broad SMARTS) is 1. The molecule has 2 aromatic rings. The van der Waals surface area contributed by atoms with E-state index in [0.717, 1.165) is 4.47 Å². The molecule has 0 fully saturated rings. The molecule has 21 heavy (non-hydrogen) atoms. The van der Waals surface area contributed by atoms with Crippen molar-refractivity contribution >= 4 is 49.4 Å². The Balaban J connectivity index is 2.23. The highest BCUT2D eigenvalue weighted by Gasteiger charge is 2.13. The van der Waals surface area contributed by atoms with Gasteiger partial charge in [0.1, 0.15) is 11.3 Å². The number of hydrogen-bond donors (Lipinski definition) is 3. The predicted octanol–water partition coefficient (Wildman–Crippen LogP) is 3.87. The number of carboxylic acids is 1. The van der Waals surface area contributed by atoms with E-state index in [4.69, 9.17) is 5.11 Å². The van der Waals surface area contributed by atoms with Crippen LogP contribution in [0.4, 0.5) is 5.69 Å². The molecule has 0 unspecified atom stereocenters. The number of hydrogen-bond acceptors (Lipinski definition) is 3. The SMILES string of the molecule is O=C(O)c1ccc(NC(=O)c2ccc(Br)cc2Br)cc1O. The Bertz CT molecular complexity index is 731. The molecule has 0 atom stereocenters. The summed E-state index contributed by atoms with van der Waals surface area (Å²) in [5.41, 5.74) is 0.496. The third-order valence-corrected chi connectivity index (χ3v) is 3.81. The second-order valence-corrected chi connectivity index (χ2v) is 5.89. The van der Waals surface area contributed by atoms with Crippen LogP contribution < -0.4 is 5.32 Å². The molecule has 0 saturated heterocycles. The maximum Gasteiger partial charge on any atom is 0.339 e. The summed E-state index contributed by atoms with van der Waals surface area (Å²) < 4.78 is 1.44. The van der Waals surface area contributed by atoms with Crippen molar-refractivity contribution in [2.75, 3.05) is 5.32 Å². The first kappa shape index (κ1) is 15.5. The van der Waals surface area contributed by atoms with Crippen molar-refractivity contribution in [1.82, 2.24) is 0 Å². The first-order chi connectivity index (χ1) is 9.88. The van der Waals surface area contributed by atoms with Gasteiger partial charge in [-0.25, -0.2) is 4.79 Å². The molecular weight excluding hydrogens is 406 g/mol. The van der Waals surface area contributed by atoms with E-state index in [2.05, 4.69) is 37.2 Å². The van der Waals surface area contributed by atoms with E-state index in [1.54, 1.807) is 18.2 Å². The number of carbonyl (C=O) groups excluding carboxylic acids is 1. The van der Waals surface area contributed by atoms with Crippen LogP contribution in [0.1, 0.15) is 20.7 Å². The fourth-order valence-corrected chi connectivity index (χ4v) is 2.89. The second-order valence-electron chi connectivity index (χ2n) is 4.12. The third kappa shape index (κ3) is 3.62. The van der Waals surface area contributed by atoms with Crippen molar-refractivity contribution in [3.8, 4) is 5.75 Å². The number of amides is 1. The van der Waals surface area contributed by atoms with Crippen LogP contribution in [-0.2, 0) is 0 Å². The number of rotatable bonds is 3. The minimum atomic E-state index is -1.24. The minimum Gasteiger partial charge on any atom is -0.507 e. The summed E-state index contributed by atoms with van der Waals surface area (Å²) in [7, 11) is 0. The topological polar surface area (TPSA) is 86.6 Å². The lowest BCUT2D eigenvalue weighted by Gasteiger charge is -2.08. The lowest BCUT2D eigenvalue weighted by atomic mass is 10.1. The average molecular weight is 415 g/mol. The second kappa shape index (κ2) is 6.28. The van der Waals surface area contributed by atoms with Crippen LogP contribution in [0.25, 0.3) is 0 Å². The molecular formula is C14H9Br2NO4. The van der Waals surface area contributed by atoms with E-state index in [1.807, 2.05) is 0 Å². The van der Waals surface area contributed by atoms with Gasteiger partial charge in [-0.15, -0.1) is 0 Å². The summed E-state index contributed by atoms with van der Waals surface area (Å²) in [5, 5.41) is 21.0. The number of benzene rings is 2. The first-order valence-corrected chi connectivity index (χ1v) is 7.30. The van der Waals surface area contributed by atoms with Crippen LogP contribution in [-0.4, -0.2) is 22.1 Å². The molecule has 3 N–H and O–H groups in total. The van der Waals surface area contributed by atoms with Crippen LogP contribution in [0.15, 0.2) is 45.3 Å². The first-order valence-electron chi connectivity index (χ1n) is 5.71. The Morgan fingerprint density at radius 3 is 2.24 bits per heavy atom. The van der Waals surface area contributed by atoms with Gasteiger partial charge in [-0.05, 0) is 46.3 Å². The largest absolute Gasteiger partial charge is 0.507 e. The molecule has 7 heteroatoms. The van der Waals surface area contributed by atoms with Crippen molar-refractivity contribution in [3.05, 3.63) is 56.5 Å². The number of nitrogens with one attached hydrogen (secondary N) is 1. The highest BCUT2D eigenvalue weighted by Crippen LogP contribution is 2.25. The van der Waals surface area contributed by atoms with Gasteiger partial charge in [0.15, 0.2) is 0 Å². The number of carbonyl (C=O) groups is 2. The normalized spacial score (nSPS) is 10.2. The van der Waals surface area contributed by atoms with Gasteiger partial charge in [0.05, 0.1) is 5.56 Å². The van der Waals surface area contributed by atoms with Crippen molar-refractivity contribution in [2.24, 2.45) is 0 Å². The Hall–Kier alpha value is -1.86. The fraction of sp³-hybridized carbons (Fsp3) is 0. The van der Waals surface area contributed by atoms with Crippen molar-refractivity contribution in [2.45, 2.75) is 0 Å². The van der Waals surface area contributed by atoms with Gasteiger partial charge in [-0.2, -0.15) is 0 Å². The monoisotopic (exact) mass is 413 g/mol. The predicted molar refractivity (Wildman–Crippen MR) is 84.9 cm³/mol. The number of aromatic carboxylic acids is 1. The molecule has 0 bridgehead atoms. The highest BCUT2D eigenvalue weighted by atomic mass is 79.9. The van der Waals surface area contributed by atoms with E-state index in [9.17, 15) is 14.7 Å². The molecule has 0 radical (unpaired) electrons. The van der Waals surface area contributed by atoms with E-state index in [0.29, 0.717) is 15.7 Å². The summed E-state index contributed by atoms with van der Waals surface area (Å²) >= 11 is 6.58. The standard InChI is InChI=1S/C14H9Br2NO4/c15-7-1-3-9(11(16)5-7)13(19)17-8-2-4-10(14(20)21)12(18)6-8/h1-6,18H,(H,17,19)(H,20,21). The van der Waals surface area contributed by atoms with E-state index < -0.39 is 11.7 Å². The molecule has 0 aliphatic heterocycles. The third-order valence-electron chi connectivity index (χ3n) is 2.66. The van der Waals surface area contributed by atoms with Gasteiger partial charge in [0.25, 0.3) is 5.91 Å². The lowest BCUT2D eigenvalue weighted by molar-refractivity contribution is 0.0693. The summed E-state index contributed by atoms with van der Waals surface area (Å²) in [5.74, 6) is -2.02. The van der Waals surface area contributed by atoms with Crippen LogP contribution in [0.3, 0.4) is 0 Å². The molecule has 0 saturated carbocycles. The smallest absolute Gasteiger partial charge is 0.339 e. The summed E-state index contributed by atoms with van der Waals surface area (Å²) in [4.78, 5) is 22.9. The number of phenols is 1. The van der Waals surface area contributed by atoms with E-state index in [-0.39, 0.29) is 11.5 Å². The van der Waals surface area contributed by atoms with Gasteiger partial charge in [-0.3, -0.25) is 4.79 Å². The fourth-order valence-electron chi connectivity index (χ4n) is 1.66. The molecule has 0 aliphatic carbocycles. The molecule has 0 heterocycles. The Kier molecular flexibility index (Phi) is 4.64. The molecule has 5 nitrogen and oxygen atoms in total. The summed E-state index contributed by atoms with van der Waals surface area (Å²) in [6, 6.07) is 8.92. The zero-order valence-corrected chi connectivity index (χ0v) is 13.6. The van der Waals surface area contributed by atoms with Crippen LogP contribution >= 0.6 is 31.9 Å². The molecule has 1 amide bonds. The Labute approximate surface area is 136 Å². The molecule has 2 rings (SSSR count). The van der Waals surface area contributed by atoms with Gasteiger partial charge >= 0.3 is 5.97 Å². The van der Waals surface area contributed by atoms with Crippen LogP contribution in [0.2, 0.25) is 0 Å². The van der Waals surface area contributed by atoms with Crippen molar-refractivity contribution in [1.29, 1.82) is 0 Å². The van der Waals surface area contributed by atoms with Gasteiger partial charge in [0, 0.05) is 20.7 Å². The maximum absolute atomic E-state index is 12.1. The highest BCUT2D eigenvalue weighted by molar-refractivity contribution is 9.11. The van der Waals surface area contributed by atoms with Gasteiger partial charge < -0.3 is 15.5 Å². The lowest BCUT2D eigenvalue weighted by Crippen LogP contribution is -2.12. The summed E-state index contributed by atoms with van der Waals surface area (Å²) in [6.45, 7) is 0. The number of aromatic hydroxyl groups is 1. The minimum absolute atomic E-state index is 0.224. The van der Waals surface area contributed by atoms with Gasteiger partial charge in [0.2, 0.25) is 0 Å². The van der Waals surface area contributed by atoms with Crippen molar-refractivity contribution in [3.63, 3.8) is 0 Å². The molecule has 2 aromatic carbocycles. The molecule has 0 aromatic heterocycles. The zero-order valence-electron chi connectivity index (χ0n) is 10.4. The average Bonchev–Trinajstić information content (AvgIpc) is 2.37. The zero-order chi connectivity index (χ0) is 15.6. The Morgan fingerprint density at radius 1 is 1.00 bits per heavy atom. The summed E-state index contributed by atoms with van der Waals surface area (Å²) in [6.07, 6.45) is 0. The van der Waals surface area contributed by atoms with Crippen molar-refractivity contribution < 1.29 is 19.8 Å². The molecule has 0 spiro atoms. The molecule has 108 valence electrons. The van der Waals surface area contributed by atoms with Crippen LogP contribution in [0, 0.1) is 0 Å². The number of halogens is 2. The Morgan fingerprint density at radius 2 is 1.67 bits per heavy atom.